The smallest absolute Gasteiger partial charge is 0.123 e. The van der Waals surface area contributed by atoms with Crippen LogP contribution in [0.25, 0.3) is 0 Å². The molecule has 2 rings (SSSR count). The number of nitrogens with one attached hydrogen (secondary N) is 1. The van der Waals surface area contributed by atoms with Crippen molar-refractivity contribution >= 4 is 15.9 Å². The number of ether oxygens (including phenoxy) is 1. The van der Waals surface area contributed by atoms with E-state index in [1.54, 1.807) is 7.11 Å². The van der Waals surface area contributed by atoms with Crippen molar-refractivity contribution < 1.29 is 4.74 Å². The van der Waals surface area contributed by atoms with Crippen molar-refractivity contribution in [1.29, 1.82) is 0 Å². The maximum absolute atomic E-state index is 5.33. The molecule has 2 nitrogen and oxygen atoms in total. The summed E-state index contributed by atoms with van der Waals surface area (Å²) >= 11 is 3.48. The summed E-state index contributed by atoms with van der Waals surface area (Å²) in [5, 5.41) is 3.50. The van der Waals surface area contributed by atoms with Gasteiger partial charge in [0.05, 0.1) is 7.11 Å². The van der Waals surface area contributed by atoms with Crippen molar-refractivity contribution in [3.8, 4) is 5.75 Å². The first-order valence-electron chi connectivity index (χ1n) is 5.74. The Morgan fingerprint density at radius 3 is 2.88 bits per heavy atom. The van der Waals surface area contributed by atoms with E-state index in [1.807, 2.05) is 12.1 Å². The molecule has 1 saturated carbocycles. The van der Waals surface area contributed by atoms with Crippen molar-refractivity contribution in [2.24, 2.45) is 11.8 Å². The Balaban J connectivity index is 1.89. The Kier molecular flexibility index (Phi) is 3.87. The van der Waals surface area contributed by atoms with E-state index in [1.165, 1.54) is 12.0 Å². The molecule has 2 unspecified atom stereocenters. The SMILES string of the molecule is COc1ccc(Br)cc1CNCC1CC1C. The molecule has 0 saturated heterocycles. The fourth-order valence-electron chi connectivity index (χ4n) is 1.96. The van der Waals surface area contributed by atoms with Crippen LogP contribution in [-0.2, 0) is 6.54 Å². The van der Waals surface area contributed by atoms with Gasteiger partial charge in [-0.05, 0) is 43.0 Å². The van der Waals surface area contributed by atoms with E-state index < -0.39 is 0 Å². The summed E-state index contributed by atoms with van der Waals surface area (Å²) in [6.07, 6.45) is 1.38. The van der Waals surface area contributed by atoms with Crippen LogP contribution in [0, 0.1) is 11.8 Å². The number of benzene rings is 1. The number of hydrogen-bond acceptors (Lipinski definition) is 2. The van der Waals surface area contributed by atoms with Gasteiger partial charge in [-0.15, -0.1) is 0 Å². The third-order valence-corrected chi connectivity index (χ3v) is 3.73. The molecule has 0 bridgehead atoms. The van der Waals surface area contributed by atoms with Crippen LogP contribution in [-0.4, -0.2) is 13.7 Å². The fraction of sp³-hybridized carbons (Fsp3) is 0.538. The number of hydrogen-bond donors (Lipinski definition) is 1. The van der Waals surface area contributed by atoms with Gasteiger partial charge in [0.1, 0.15) is 5.75 Å². The van der Waals surface area contributed by atoms with E-state index in [0.29, 0.717) is 0 Å². The van der Waals surface area contributed by atoms with Crippen LogP contribution in [0.15, 0.2) is 22.7 Å². The zero-order chi connectivity index (χ0) is 11.5. The standard InChI is InChI=1S/C13H18BrNO/c1-9-5-10(9)7-15-8-11-6-12(14)3-4-13(11)16-2/h3-4,6,9-10,15H,5,7-8H2,1-2H3. The third-order valence-electron chi connectivity index (χ3n) is 3.24. The molecule has 0 spiro atoms. The monoisotopic (exact) mass is 283 g/mol. The number of halogens is 1. The normalized spacial score (nSPS) is 23.2. The summed E-state index contributed by atoms with van der Waals surface area (Å²) in [5.41, 5.74) is 1.21. The largest absolute Gasteiger partial charge is 0.496 e. The van der Waals surface area contributed by atoms with Gasteiger partial charge in [0, 0.05) is 16.6 Å². The number of methoxy groups -OCH3 is 1. The second-order valence-electron chi connectivity index (χ2n) is 4.56. The Morgan fingerprint density at radius 2 is 2.25 bits per heavy atom. The molecule has 2 atom stereocenters. The van der Waals surface area contributed by atoms with Crippen molar-refractivity contribution in [3.05, 3.63) is 28.2 Å². The molecule has 16 heavy (non-hydrogen) atoms. The topological polar surface area (TPSA) is 21.3 Å². The highest BCUT2D eigenvalue weighted by atomic mass is 79.9. The number of rotatable bonds is 5. The summed E-state index contributed by atoms with van der Waals surface area (Å²) in [5.74, 6) is 2.76. The molecule has 1 aliphatic carbocycles. The summed E-state index contributed by atoms with van der Waals surface area (Å²) in [4.78, 5) is 0. The second kappa shape index (κ2) is 5.19. The Labute approximate surface area is 106 Å². The molecule has 0 aromatic heterocycles. The van der Waals surface area contributed by atoms with Crippen molar-refractivity contribution in [3.63, 3.8) is 0 Å². The minimum Gasteiger partial charge on any atom is -0.496 e. The van der Waals surface area contributed by atoms with Crippen molar-refractivity contribution in [1.82, 2.24) is 5.32 Å². The summed E-state index contributed by atoms with van der Waals surface area (Å²) in [7, 11) is 1.72. The summed E-state index contributed by atoms with van der Waals surface area (Å²) in [6.45, 7) is 4.31. The molecular weight excluding hydrogens is 266 g/mol. The van der Waals surface area contributed by atoms with E-state index in [4.69, 9.17) is 4.74 Å². The van der Waals surface area contributed by atoms with Crippen LogP contribution < -0.4 is 10.1 Å². The highest BCUT2D eigenvalue weighted by Gasteiger charge is 2.31. The van der Waals surface area contributed by atoms with Crippen molar-refractivity contribution in [2.45, 2.75) is 19.9 Å². The molecule has 1 aliphatic rings. The van der Waals surface area contributed by atoms with E-state index in [0.717, 1.165) is 35.1 Å². The predicted octanol–water partition coefficient (Wildman–Crippen LogP) is 3.20. The zero-order valence-electron chi connectivity index (χ0n) is 9.79. The van der Waals surface area contributed by atoms with Gasteiger partial charge >= 0.3 is 0 Å². The van der Waals surface area contributed by atoms with Gasteiger partial charge in [0.15, 0.2) is 0 Å². The minimum absolute atomic E-state index is 0.881. The van der Waals surface area contributed by atoms with Crippen LogP contribution in [0.1, 0.15) is 18.9 Å². The molecule has 1 N–H and O–H groups in total. The van der Waals surface area contributed by atoms with E-state index >= 15 is 0 Å². The van der Waals surface area contributed by atoms with Gasteiger partial charge in [-0.2, -0.15) is 0 Å². The van der Waals surface area contributed by atoms with Gasteiger partial charge < -0.3 is 10.1 Å². The lowest BCUT2D eigenvalue weighted by molar-refractivity contribution is 0.407. The maximum atomic E-state index is 5.33. The Bertz CT molecular complexity index is 367. The van der Waals surface area contributed by atoms with E-state index in [9.17, 15) is 0 Å². The highest BCUT2D eigenvalue weighted by Crippen LogP contribution is 2.36. The molecular formula is C13H18BrNO. The molecule has 1 aromatic rings. The van der Waals surface area contributed by atoms with Crippen LogP contribution >= 0.6 is 15.9 Å². The minimum atomic E-state index is 0.881. The van der Waals surface area contributed by atoms with Gasteiger partial charge in [-0.3, -0.25) is 0 Å². The second-order valence-corrected chi connectivity index (χ2v) is 5.48. The first-order valence-corrected chi connectivity index (χ1v) is 6.53. The molecule has 88 valence electrons. The molecule has 0 radical (unpaired) electrons. The lowest BCUT2D eigenvalue weighted by atomic mass is 10.2. The fourth-order valence-corrected chi connectivity index (χ4v) is 2.37. The van der Waals surface area contributed by atoms with Gasteiger partial charge in [-0.1, -0.05) is 22.9 Å². The average Bonchev–Trinajstić information content (AvgIpc) is 2.95. The van der Waals surface area contributed by atoms with Crippen LogP contribution in [0.5, 0.6) is 5.75 Å². The molecule has 3 heteroatoms. The van der Waals surface area contributed by atoms with E-state index in [-0.39, 0.29) is 0 Å². The molecule has 1 aromatic carbocycles. The highest BCUT2D eigenvalue weighted by molar-refractivity contribution is 9.10. The summed E-state index contributed by atoms with van der Waals surface area (Å²) < 4.78 is 6.44. The lowest BCUT2D eigenvalue weighted by Crippen LogP contribution is -2.17. The van der Waals surface area contributed by atoms with Crippen LogP contribution in [0.4, 0.5) is 0 Å². The quantitative estimate of drug-likeness (QED) is 0.896. The molecule has 1 fully saturated rings. The summed E-state index contributed by atoms with van der Waals surface area (Å²) in [6, 6.07) is 6.12. The van der Waals surface area contributed by atoms with Crippen molar-refractivity contribution in [2.75, 3.05) is 13.7 Å². The first-order chi connectivity index (χ1) is 7.70. The van der Waals surface area contributed by atoms with Crippen LogP contribution in [0.2, 0.25) is 0 Å². The first kappa shape index (κ1) is 11.9. The zero-order valence-corrected chi connectivity index (χ0v) is 11.4. The molecule has 0 amide bonds. The molecule has 0 aliphatic heterocycles. The predicted molar refractivity (Wildman–Crippen MR) is 69.7 cm³/mol. The van der Waals surface area contributed by atoms with E-state index in [2.05, 4.69) is 34.2 Å². The third kappa shape index (κ3) is 2.98. The lowest BCUT2D eigenvalue weighted by Gasteiger charge is -2.10. The molecule has 0 heterocycles. The van der Waals surface area contributed by atoms with Crippen LogP contribution in [0.3, 0.4) is 0 Å². The maximum Gasteiger partial charge on any atom is 0.123 e. The Morgan fingerprint density at radius 1 is 1.50 bits per heavy atom. The van der Waals surface area contributed by atoms with Gasteiger partial charge in [0.2, 0.25) is 0 Å². The van der Waals surface area contributed by atoms with Gasteiger partial charge in [-0.25, -0.2) is 0 Å². The Hall–Kier alpha value is -0.540. The average molecular weight is 284 g/mol. The van der Waals surface area contributed by atoms with Gasteiger partial charge in [0.25, 0.3) is 0 Å².